The minimum absolute atomic E-state index is 0.0388. The van der Waals surface area contributed by atoms with Crippen molar-refractivity contribution < 1.29 is 9.72 Å². The Morgan fingerprint density at radius 1 is 1.33 bits per heavy atom. The van der Waals surface area contributed by atoms with Crippen LogP contribution in [0.5, 0.6) is 0 Å². The van der Waals surface area contributed by atoms with Crippen LogP contribution >= 0.6 is 11.8 Å². The maximum absolute atomic E-state index is 11.9. The normalized spacial score (nSPS) is 19.0. The summed E-state index contributed by atoms with van der Waals surface area (Å²) in [6, 6.07) is 5.68. The summed E-state index contributed by atoms with van der Waals surface area (Å²) < 4.78 is 0. The average molecular weight is 301 g/mol. The highest BCUT2D eigenvalue weighted by Gasteiger charge is 2.32. The van der Waals surface area contributed by atoms with E-state index in [4.69, 9.17) is 5.41 Å². The molecular formula is C12H7N5O3S. The molecule has 0 fully saturated rings. The highest BCUT2D eigenvalue weighted by molar-refractivity contribution is 8.25. The van der Waals surface area contributed by atoms with Gasteiger partial charge in [0.1, 0.15) is 0 Å². The number of non-ortho nitro benzene ring substituents is 1. The quantitative estimate of drug-likeness (QED) is 0.509. The molecule has 1 aromatic rings. The number of nitrogens with zero attached hydrogens (tertiary/aromatic N) is 4. The van der Waals surface area contributed by atoms with E-state index in [0.717, 1.165) is 0 Å². The van der Waals surface area contributed by atoms with Crippen molar-refractivity contribution in [2.75, 3.05) is 0 Å². The average Bonchev–Trinajstić information content (AvgIpc) is 2.92. The van der Waals surface area contributed by atoms with Crippen LogP contribution in [-0.2, 0) is 4.79 Å². The van der Waals surface area contributed by atoms with Gasteiger partial charge in [0, 0.05) is 12.1 Å². The van der Waals surface area contributed by atoms with E-state index in [-0.39, 0.29) is 17.1 Å². The first-order valence-electron chi connectivity index (χ1n) is 5.73. The molecule has 21 heavy (non-hydrogen) atoms. The predicted octanol–water partition coefficient (Wildman–Crippen LogP) is 1.84. The third kappa shape index (κ3) is 2.34. The van der Waals surface area contributed by atoms with E-state index in [1.165, 1.54) is 52.7 Å². The predicted molar refractivity (Wildman–Crippen MR) is 79.2 cm³/mol. The standard InChI is InChI=1S/C12H7N5O3S/c13-10-9(11(18)15-12-16(10)14-6-21-12)5-7-1-3-8(4-2-7)17(19)20/h1-6,13H. The lowest BCUT2D eigenvalue weighted by Gasteiger charge is -2.20. The summed E-state index contributed by atoms with van der Waals surface area (Å²) in [6.07, 6.45) is 1.47. The molecule has 0 unspecified atom stereocenters. The number of aliphatic imine (C=N–C) groups is 1. The maximum atomic E-state index is 11.9. The molecular weight excluding hydrogens is 294 g/mol. The zero-order valence-corrected chi connectivity index (χ0v) is 11.2. The fraction of sp³-hybridized carbons (Fsp3) is 0. The zero-order valence-electron chi connectivity index (χ0n) is 10.4. The second-order valence-electron chi connectivity index (χ2n) is 4.11. The first kappa shape index (κ1) is 13.2. The van der Waals surface area contributed by atoms with Gasteiger partial charge in [-0.2, -0.15) is 15.1 Å². The van der Waals surface area contributed by atoms with Crippen molar-refractivity contribution in [3.05, 3.63) is 45.5 Å². The van der Waals surface area contributed by atoms with Crippen molar-refractivity contribution in [1.82, 2.24) is 5.01 Å². The number of rotatable bonds is 2. The number of thioether (sulfide) groups is 1. The SMILES string of the molecule is N=C1C(=Cc2ccc([N+](=O)[O-])cc2)C(=O)N=C2SC=NN12. The summed E-state index contributed by atoms with van der Waals surface area (Å²) >= 11 is 1.17. The molecule has 1 amide bonds. The van der Waals surface area contributed by atoms with E-state index in [2.05, 4.69) is 10.1 Å². The lowest BCUT2D eigenvalue weighted by Crippen LogP contribution is -2.35. The Bertz CT molecular complexity index is 751. The minimum atomic E-state index is -0.525. The van der Waals surface area contributed by atoms with Gasteiger partial charge in [-0.1, -0.05) is 0 Å². The lowest BCUT2D eigenvalue weighted by molar-refractivity contribution is -0.384. The molecule has 2 heterocycles. The number of amides is 1. The molecule has 1 N–H and O–H groups in total. The van der Waals surface area contributed by atoms with Crippen molar-refractivity contribution in [3.8, 4) is 0 Å². The third-order valence-electron chi connectivity index (χ3n) is 2.81. The second kappa shape index (κ2) is 4.94. The molecule has 104 valence electrons. The number of carbonyl (C=O) groups is 1. The molecule has 0 aliphatic carbocycles. The minimum Gasteiger partial charge on any atom is -0.282 e. The van der Waals surface area contributed by atoms with Gasteiger partial charge in [-0.15, -0.1) is 0 Å². The van der Waals surface area contributed by atoms with E-state index in [1.807, 2.05) is 0 Å². The monoisotopic (exact) mass is 301 g/mol. The summed E-state index contributed by atoms with van der Waals surface area (Å²) in [5.74, 6) is -0.591. The van der Waals surface area contributed by atoms with Crippen molar-refractivity contribution in [1.29, 1.82) is 5.41 Å². The molecule has 2 aliphatic heterocycles. The molecule has 0 spiro atoms. The molecule has 9 heteroatoms. The van der Waals surface area contributed by atoms with Gasteiger partial charge in [-0.25, -0.2) is 0 Å². The molecule has 0 saturated carbocycles. The zero-order chi connectivity index (χ0) is 15.0. The third-order valence-corrected chi connectivity index (χ3v) is 3.49. The lowest BCUT2D eigenvalue weighted by atomic mass is 10.1. The molecule has 0 radical (unpaired) electrons. The number of nitro benzene ring substituents is 1. The smallest absolute Gasteiger partial charge is 0.282 e. The molecule has 2 aliphatic rings. The Morgan fingerprint density at radius 3 is 2.71 bits per heavy atom. The van der Waals surface area contributed by atoms with Crippen LogP contribution in [0.2, 0.25) is 0 Å². The maximum Gasteiger partial charge on any atom is 0.283 e. The summed E-state index contributed by atoms with van der Waals surface area (Å²) in [6.45, 7) is 0. The van der Waals surface area contributed by atoms with Crippen LogP contribution in [0, 0.1) is 15.5 Å². The van der Waals surface area contributed by atoms with E-state index >= 15 is 0 Å². The first-order chi connectivity index (χ1) is 10.1. The van der Waals surface area contributed by atoms with Gasteiger partial charge in [0.25, 0.3) is 11.6 Å². The van der Waals surface area contributed by atoms with Gasteiger partial charge >= 0.3 is 0 Å². The number of amidine groups is 2. The van der Waals surface area contributed by atoms with Crippen LogP contribution in [0.25, 0.3) is 6.08 Å². The number of hydrogen-bond donors (Lipinski definition) is 1. The summed E-state index contributed by atoms with van der Waals surface area (Å²) in [5.41, 5.74) is 2.12. The van der Waals surface area contributed by atoms with Crippen LogP contribution in [0.4, 0.5) is 5.69 Å². The Labute approximate surface area is 122 Å². The highest BCUT2D eigenvalue weighted by atomic mass is 32.2. The number of nitrogens with one attached hydrogen (secondary N) is 1. The van der Waals surface area contributed by atoms with Crippen LogP contribution < -0.4 is 0 Å². The Morgan fingerprint density at radius 2 is 2.05 bits per heavy atom. The molecule has 1 aromatic carbocycles. The van der Waals surface area contributed by atoms with Crippen LogP contribution in [0.1, 0.15) is 5.56 Å². The van der Waals surface area contributed by atoms with Crippen LogP contribution in [-0.4, -0.2) is 32.4 Å². The van der Waals surface area contributed by atoms with E-state index in [9.17, 15) is 14.9 Å². The number of nitro groups is 1. The molecule has 0 aromatic heterocycles. The Kier molecular flexibility index (Phi) is 3.10. The van der Waals surface area contributed by atoms with E-state index < -0.39 is 10.8 Å². The number of carbonyl (C=O) groups excluding carboxylic acids is 1. The van der Waals surface area contributed by atoms with Gasteiger partial charge in [-0.3, -0.25) is 20.3 Å². The largest absolute Gasteiger partial charge is 0.283 e. The summed E-state index contributed by atoms with van der Waals surface area (Å²) in [5, 5.41) is 24.1. The molecule has 0 atom stereocenters. The van der Waals surface area contributed by atoms with Gasteiger partial charge in [0.05, 0.1) is 16.0 Å². The number of fused-ring (bicyclic) bond motifs is 1. The van der Waals surface area contributed by atoms with Crippen molar-refractivity contribution in [3.63, 3.8) is 0 Å². The Balaban J connectivity index is 1.95. The summed E-state index contributed by atoms with van der Waals surface area (Å²) in [4.78, 5) is 25.9. The van der Waals surface area contributed by atoms with Gasteiger partial charge in [-0.05, 0) is 35.5 Å². The summed E-state index contributed by atoms with van der Waals surface area (Å²) in [7, 11) is 0. The molecule has 0 saturated heterocycles. The van der Waals surface area contributed by atoms with Crippen LogP contribution in [0.3, 0.4) is 0 Å². The van der Waals surface area contributed by atoms with Gasteiger partial charge in [0.2, 0.25) is 0 Å². The van der Waals surface area contributed by atoms with Crippen molar-refractivity contribution in [2.24, 2.45) is 10.1 Å². The van der Waals surface area contributed by atoms with Crippen LogP contribution in [0.15, 0.2) is 39.9 Å². The van der Waals surface area contributed by atoms with Crippen molar-refractivity contribution in [2.45, 2.75) is 0 Å². The Hall–Kier alpha value is -2.81. The fourth-order valence-corrected chi connectivity index (χ4v) is 2.41. The molecule has 3 rings (SSSR count). The molecule has 8 nitrogen and oxygen atoms in total. The number of hydrazone groups is 1. The fourth-order valence-electron chi connectivity index (χ4n) is 1.80. The highest BCUT2D eigenvalue weighted by Crippen LogP contribution is 2.25. The topological polar surface area (TPSA) is 112 Å². The number of benzene rings is 1. The number of hydrogen-bond acceptors (Lipinski definition) is 6. The molecule has 0 bridgehead atoms. The van der Waals surface area contributed by atoms with Gasteiger partial charge < -0.3 is 0 Å². The van der Waals surface area contributed by atoms with Crippen molar-refractivity contribution >= 4 is 46.0 Å². The first-order valence-corrected chi connectivity index (χ1v) is 6.61. The second-order valence-corrected chi connectivity index (χ2v) is 4.92. The van der Waals surface area contributed by atoms with E-state index in [0.29, 0.717) is 10.7 Å². The van der Waals surface area contributed by atoms with Gasteiger partial charge in [0.15, 0.2) is 11.0 Å². The van der Waals surface area contributed by atoms with E-state index in [1.54, 1.807) is 0 Å².